The van der Waals surface area contributed by atoms with Crippen LogP contribution in [0.15, 0.2) is 6.07 Å². The zero-order valence-electron chi connectivity index (χ0n) is 7.24. The van der Waals surface area contributed by atoms with E-state index in [4.69, 9.17) is 5.11 Å². The number of carbonyl (C=O) groups is 1. The Balaban J connectivity index is 2.92. The van der Waals surface area contributed by atoms with Gasteiger partial charge in [-0.05, 0) is 19.4 Å². The molecular weight excluding hydrogens is 156 g/mol. The Morgan fingerprint density at radius 2 is 2.42 bits per heavy atom. The lowest BCUT2D eigenvalue weighted by molar-refractivity contribution is 0.0689. The fraction of sp³-hybridized carbons (Fsp3) is 0.500. The zero-order chi connectivity index (χ0) is 9.14. The van der Waals surface area contributed by atoms with Crippen molar-refractivity contribution in [2.45, 2.75) is 26.8 Å². The van der Waals surface area contributed by atoms with E-state index in [9.17, 15) is 4.79 Å². The van der Waals surface area contributed by atoms with Crippen molar-refractivity contribution in [3.05, 3.63) is 17.5 Å². The number of hydrogen-bond acceptors (Lipinski definition) is 2. The lowest BCUT2D eigenvalue weighted by Gasteiger charge is -1.98. The number of aromatic nitrogens is 2. The minimum absolute atomic E-state index is 0.126. The molecule has 0 aromatic carbocycles. The van der Waals surface area contributed by atoms with Gasteiger partial charge in [-0.1, -0.05) is 6.92 Å². The Morgan fingerprint density at radius 1 is 1.75 bits per heavy atom. The standard InChI is InChI=1S/C8H12N2O2/c1-3-4-10-6(2)5-7(9-10)8(11)12/h5H,3-4H2,1-2H3,(H,11,12). The second kappa shape index (κ2) is 3.38. The maximum atomic E-state index is 10.5. The molecule has 0 saturated heterocycles. The van der Waals surface area contributed by atoms with E-state index in [1.54, 1.807) is 10.7 Å². The van der Waals surface area contributed by atoms with Crippen molar-refractivity contribution in [2.75, 3.05) is 0 Å². The van der Waals surface area contributed by atoms with E-state index >= 15 is 0 Å². The number of carboxylic acid groups (broad SMARTS) is 1. The first kappa shape index (κ1) is 8.77. The summed E-state index contributed by atoms with van der Waals surface area (Å²) in [5.41, 5.74) is 1.02. The number of aryl methyl sites for hydroxylation is 2. The summed E-state index contributed by atoms with van der Waals surface area (Å²) >= 11 is 0. The highest BCUT2D eigenvalue weighted by Gasteiger charge is 2.09. The van der Waals surface area contributed by atoms with E-state index in [1.165, 1.54) is 0 Å². The van der Waals surface area contributed by atoms with E-state index < -0.39 is 5.97 Å². The summed E-state index contributed by atoms with van der Waals surface area (Å²) in [4.78, 5) is 10.5. The van der Waals surface area contributed by atoms with Crippen LogP contribution in [-0.2, 0) is 6.54 Å². The lowest BCUT2D eigenvalue weighted by atomic mass is 10.4. The Labute approximate surface area is 70.8 Å². The van der Waals surface area contributed by atoms with Crippen molar-refractivity contribution in [1.82, 2.24) is 9.78 Å². The van der Waals surface area contributed by atoms with Gasteiger partial charge in [0.25, 0.3) is 0 Å². The summed E-state index contributed by atoms with van der Waals surface area (Å²) in [6.45, 7) is 4.66. The van der Waals surface area contributed by atoms with Crippen LogP contribution in [0.3, 0.4) is 0 Å². The average molecular weight is 168 g/mol. The van der Waals surface area contributed by atoms with E-state index in [-0.39, 0.29) is 5.69 Å². The predicted molar refractivity (Wildman–Crippen MR) is 44.2 cm³/mol. The molecular formula is C8H12N2O2. The van der Waals surface area contributed by atoms with Crippen LogP contribution in [0.1, 0.15) is 29.5 Å². The summed E-state index contributed by atoms with van der Waals surface area (Å²) in [6, 6.07) is 1.58. The molecule has 1 rings (SSSR count). The van der Waals surface area contributed by atoms with Gasteiger partial charge in [-0.3, -0.25) is 4.68 Å². The molecule has 1 aromatic rings. The van der Waals surface area contributed by atoms with Crippen LogP contribution in [0.4, 0.5) is 0 Å². The van der Waals surface area contributed by atoms with Crippen molar-refractivity contribution in [3.63, 3.8) is 0 Å². The zero-order valence-corrected chi connectivity index (χ0v) is 7.24. The summed E-state index contributed by atoms with van der Waals surface area (Å²) < 4.78 is 1.71. The highest BCUT2D eigenvalue weighted by atomic mass is 16.4. The van der Waals surface area contributed by atoms with Gasteiger partial charge in [0.05, 0.1) is 0 Å². The average Bonchev–Trinajstić information content (AvgIpc) is 2.34. The largest absolute Gasteiger partial charge is 0.476 e. The van der Waals surface area contributed by atoms with Crippen LogP contribution in [0, 0.1) is 6.92 Å². The molecule has 0 aliphatic carbocycles. The van der Waals surface area contributed by atoms with Gasteiger partial charge in [0.1, 0.15) is 0 Å². The van der Waals surface area contributed by atoms with E-state index in [2.05, 4.69) is 5.10 Å². The van der Waals surface area contributed by atoms with Crippen LogP contribution in [0.2, 0.25) is 0 Å². The number of rotatable bonds is 3. The van der Waals surface area contributed by atoms with Crippen molar-refractivity contribution in [3.8, 4) is 0 Å². The molecule has 0 radical (unpaired) electrons. The molecule has 0 aliphatic rings. The molecule has 1 aromatic heterocycles. The number of carboxylic acids is 1. The van der Waals surface area contributed by atoms with Gasteiger partial charge >= 0.3 is 5.97 Å². The second-order valence-electron chi connectivity index (χ2n) is 2.70. The first-order valence-electron chi connectivity index (χ1n) is 3.93. The molecule has 0 bridgehead atoms. The third kappa shape index (κ3) is 1.64. The van der Waals surface area contributed by atoms with Gasteiger partial charge in [0.2, 0.25) is 0 Å². The smallest absolute Gasteiger partial charge is 0.356 e. The first-order chi connectivity index (χ1) is 5.65. The lowest BCUT2D eigenvalue weighted by Crippen LogP contribution is -2.03. The maximum Gasteiger partial charge on any atom is 0.356 e. The first-order valence-corrected chi connectivity index (χ1v) is 3.93. The predicted octanol–water partition coefficient (Wildman–Crippen LogP) is 1.30. The third-order valence-corrected chi connectivity index (χ3v) is 1.64. The molecule has 1 heterocycles. The summed E-state index contributed by atoms with van der Waals surface area (Å²) in [7, 11) is 0. The van der Waals surface area contributed by atoms with E-state index in [0.29, 0.717) is 0 Å². The van der Waals surface area contributed by atoms with Gasteiger partial charge < -0.3 is 5.11 Å². The Morgan fingerprint density at radius 3 is 2.83 bits per heavy atom. The molecule has 12 heavy (non-hydrogen) atoms. The van der Waals surface area contributed by atoms with Crippen LogP contribution >= 0.6 is 0 Å². The molecule has 0 fully saturated rings. The number of nitrogens with zero attached hydrogens (tertiary/aromatic N) is 2. The van der Waals surface area contributed by atoms with Gasteiger partial charge in [-0.2, -0.15) is 5.10 Å². The van der Waals surface area contributed by atoms with E-state index in [1.807, 2.05) is 13.8 Å². The fourth-order valence-electron chi connectivity index (χ4n) is 1.05. The minimum atomic E-state index is -0.965. The normalized spacial score (nSPS) is 10.2. The maximum absolute atomic E-state index is 10.5. The molecule has 0 atom stereocenters. The SMILES string of the molecule is CCCn1nc(C(=O)O)cc1C. The summed E-state index contributed by atoms with van der Waals surface area (Å²) in [5.74, 6) is -0.965. The Bertz CT molecular complexity index is 291. The molecule has 0 saturated carbocycles. The number of hydrogen-bond donors (Lipinski definition) is 1. The summed E-state index contributed by atoms with van der Waals surface area (Å²) in [5, 5.41) is 12.5. The van der Waals surface area contributed by atoms with Gasteiger partial charge in [-0.25, -0.2) is 4.79 Å². The molecule has 0 amide bonds. The van der Waals surface area contributed by atoms with Crippen LogP contribution < -0.4 is 0 Å². The van der Waals surface area contributed by atoms with Crippen LogP contribution in [0.5, 0.6) is 0 Å². The van der Waals surface area contributed by atoms with Gasteiger partial charge in [-0.15, -0.1) is 0 Å². The van der Waals surface area contributed by atoms with Crippen molar-refractivity contribution in [1.29, 1.82) is 0 Å². The Hall–Kier alpha value is -1.32. The molecule has 4 nitrogen and oxygen atoms in total. The topological polar surface area (TPSA) is 55.1 Å². The molecule has 0 aliphatic heterocycles. The van der Waals surface area contributed by atoms with Gasteiger partial charge in [0.15, 0.2) is 5.69 Å². The molecule has 0 spiro atoms. The fourth-order valence-corrected chi connectivity index (χ4v) is 1.05. The molecule has 4 heteroatoms. The quantitative estimate of drug-likeness (QED) is 0.740. The highest BCUT2D eigenvalue weighted by Crippen LogP contribution is 2.03. The number of aromatic carboxylic acids is 1. The van der Waals surface area contributed by atoms with Crippen LogP contribution in [-0.4, -0.2) is 20.9 Å². The molecule has 0 unspecified atom stereocenters. The summed E-state index contributed by atoms with van der Waals surface area (Å²) in [6.07, 6.45) is 0.960. The monoisotopic (exact) mass is 168 g/mol. The third-order valence-electron chi connectivity index (χ3n) is 1.64. The van der Waals surface area contributed by atoms with Crippen molar-refractivity contribution >= 4 is 5.97 Å². The highest BCUT2D eigenvalue weighted by molar-refractivity contribution is 5.85. The van der Waals surface area contributed by atoms with Crippen molar-refractivity contribution in [2.24, 2.45) is 0 Å². The van der Waals surface area contributed by atoms with Crippen molar-refractivity contribution < 1.29 is 9.90 Å². The Kier molecular flexibility index (Phi) is 2.47. The van der Waals surface area contributed by atoms with Crippen LogP contribution in [0.25, 0.3) is 0 Å². The van der Waals surface area contributed by atoms with E-state index in [0.717, 1.165) is 18.7 Å². The molecule has 1 N–H and O–H groups in total. The second-order valence-corrected chi connectivity index (χ2v) is 2.70. The molecule has 66 valence electrons. The minimum Gasteiger partial charge on any atom is -0.476 e. The van der Waals surface area contributed by atoms with Gasteiger partial charge in [0, 0.05) is 12.2 Å².